The van der Waals surface area contributed by atoms with Gasteiger partial charge in [-0.05, 0) is 52.4 Å². The minimum Gasteiger partial charge on any atom is -0.466 e. The summed E-state index contributed by atoms with van der Waals surface area (Å²) in [5, 5.41) is 5.96. The van der Waals surface area contributed by atoms with E-state index in [-0.39, 0.29) is 36.1 Å². The molecular formula is C16H28N2O4. The van der Waals surface area contributed by atoms with Crippen molar-refractivity contribution in [1.82, 2.24) is 10.6 Å². The average Bonchev–Trinajstić information content (AvgIpc) is 3.02. The molecule has 1 saturated carbocycles. The van der Waals surface area contributed by atoms with Crippen LogP contribution in [-0.4, -0.2) is 43.4 Å². The van der Waals surface area contributed by atoms with Crippen LogP contribution in [0.3, 0.4) is 0 Å². The normalized spacial score (nSPS) is 29.6. The fraction of sp³-hybridized carbons (Fsp3) is 0.875. The lowest BCUT2D eigenvalue weighted by Crippen LogP contribution is -2.49. The van der Waals surface area contributed by atoms with Crippen LogP contribution in [0, 0.1) is 5.92 Å². The highest BCUT2D eigenvalue weighted by Gasteiger charge is 2.29. The van der Waals surface area contributed by atoms with Crippen LogP contribution in [0.15, 0.2) is 0 Å². The topological polar surface area (TPSA) is 76.7 Å². The molecule has 2 atom stereocenters. The molecular weight excluding hydrogens is 284 g/mol. The molecule has 1 heterocycles. The molecule has 1 aliphatic carbocycles. The highest BCUT2D eigenvalue weighted by Crippen LogP contribution is 2.25. The van der Waals surface area contributed by atoms with E-state index in [1.54, 1.807) is 0 Å². The van der Waals surface area contributed by atoms with Gasteiger partial charge in [0, 0.05) is 12.6 Å². The highest BCUT2D eigenvalue weighted by molar-refractivity contribution is 5.75. The van der Waals surface area contributed by atoms with Crippen molar-refractivity contribution in [2.45, 2.75) is 70.6 Å². The Balaban J connectivity index is 1.66. The number of carbonyl (C=O) groups excluding carboxylic acids is 2. The van der Waals surface area contributed by atoms with E-state index < -0.39 is 0 Å². The standard InChI is InChI=1S/C16H28N2O4/c1-3-21-15(19)12-6-8-13(9-7-12)18-16(20)17-11(2)14-5-4-10-22-14/h11-14H,3-10H2,1-2H3,(H2,17,18,20). The maximum absolute atomic E-state index is 12.0. The highest BCUT2D eigenvalue weighted by atomic mass is 16.5. The molecule has 2 fully saturated rings. The third-order valence-electron chi connectivity index (χ3n) is 4.56. The summed E-state index contributed by atoms with van der Waals surface area (Å²) in [4.78, 5) is 23.7. The number of amides is 2. The average molecular weight is 312 g/mol. The van der Waals surface area contributed by atoms with Crippen LogP contribution >= 0.6 is 0 Å². The Hall–Kier alpha value is -1.30. The molecule has 1 saturated heterocycles. The van der Waals surface area contributed by atoms with Crippen molar-refractivity contribution in [2.24, 2.45) is 5.92 Å². The van der Waals surface area contributed by atoms with Gasteiger partial charge in [0.25, 0.3) is 0 Å². The second-order valence-electron chi connectivity index (χ2n) is 6.26. The number of rotatable bonds is 5. The second kappa shape index (κ2) is 8.36. The molecule has 2 unspecified atom stereocenters. The SMILES string of the molecule is CCOC(=O)C1CCC(NC(=O)NC(C)C2CCCO2)CC1. The zero-order valence-electron chi connectivity index (χ0n) is 13.6. The first-order chi connectivity index (χ1) is 10.6. The number of hydrogen-bond donors (Lipinski definition) is 2. The van der Waals surface area contributed by atoms with E-state index in [2.05, 4.69) is 10.6 Å². The molecule has 126 valence electrons. The maximum Gasteiger partial charge on any atom is 0.315 e. The van der Waals surface area contributed by atoms with Crippen molar-refractivity contribution in [1.29, 1.82) is 0 Å². The summed E-state index contributed by atoms with van der Waals surface area (Å²) in [6, 6.07) is 0.0309. The van der Waals surface area contributed by atoms with Crippen LogP contribution in [0.4, 0.5) is 4.79 Å². The van der Waals surface area contributed by atoms with Crippen LogP contribution < -0.4 is 10.6 Å². The Bertz CT molecular complexity index is 374. The first-order valence-electron chi connectivity index (χ1n) is 8.45. The summed E-state index contributed by atoms with van der Waals surface area (Å²) in [6.07, 6.45) is 5.42. The number of esters is 1. The van der Waals surface area contributed by atoms with Gasteiger partial charge in [-0.2, -0.15) is 0 Å². The van der Waals surface area contributed by atoms with Gasteiger partial charge in [-0.1, -0.05) is 0 Å². The van der Waals surface area contributed by atoms with Crippen molar-refractivity contribution in [2.75, 3.05) is 13.2 Å². The predicted molar refractivity (Wildman–Crippen MR) is 82.5 cm³/mol. The Kier molecular flexibility index (Phi) is 6.49. The van der Waals surface area contributed by atoms with Crippen molar-refractivity contribution < 1.29 is 19.1 Å². The molecule has 0 aromatic heterocycles. The van der Waals surface area contributed by atoms with Crippen molar-refractivity contribution in [3.8, 4) is 0 Å². The summed E-state index contributed by atoms with van der Waals surface area (Å²) in [5.74, 6) is -0.107. The molecule has 0 aromatic rings. The lowest BCUT2D eigenvalue weighted by Gasteiger charge is -2.29. The van der Waals surface area contributed by atoms with E-state index in [0.717, 1.165) is 45.1 Å². The second-order valence-corrected chi connectivity index (χ2v) is 6.26. The molecule has 0 bridgehead atoms. The van der Waals surface area contributed by atoms with E-state index in [1.807, 2.05) is 13.8 Å². The number of nitrogens with one attached hydrogen (secondary N) is 2. The number of hydrogen-bond acceptors (Lipinski definition) is 4. The van der Waals surface area contributed by atoms with Gasteiger partial charge in [0.15, 0.2) is 0 Å². The lowest BCUT2D eigenvalue weighted by atomic mass is 9.86. The van der Waals surface area contributed by atoms with Gasteiger partial charge in [0.1, 0.15) is 0 Å². The maximum atomic E-state index is 12.0. The van der Waals surface area contributed by atoms with Gasteiger partial charge < -0.3 is 20.1 Å². The Labute approximate surface area is 132 Å². The molecule has 0 radical (unpaired) electrons. The first-order valence-corrected chi connectivity index (χ1v) is 8.45. The smallest absolute Gasteiger partial charge is 0.315 e. The zero-order chi connectivity index (χ0) is 15.9. The minimum absolute atomic E-state index is 0.00752. The molecule has 0 spiro atoms. The summed E-state index contributed by atoms with van der Waals surface area (Å²) >= 11 is 0. The van der Waals surface area contributed by atoms with E-state index in [1.165, 1.54) is 0 Å². The number of ether oxygens (including phenoxy) is 2. The van der Waals surface area contributed by atoms with Crippen molar-refractivity contribution in [3.63, 3.8) is 0 Å². The van der Waals surface area contributed by atoms with Crippen molar-refractivity contribution in [3.05, 3.63) is 0 Å². The first kappa shape index (κ1) is 17.1. The van der Waals surface area contributed by atoms with Gasteiger partial charge in [-0.3, -0.25) is 4.79 Å². The van der Waals surface area contributed by atoms with E-state index >= 15 is 0 Å². The molecule has 2 rings (SSSR count). The van der Waals surface area contributed by atoms with Crippen LogP contribution in [0.25, 0.3) is 0 Å². The molecule has 2 amide bonds. The fourth-order valence-electron chi connectivity index (χ4n) is 3.26. The fourth-order valence-corrected chi connectivity index (χ4v) is 3.26. The third-order valence-corrected chi connectivity index (χ3v) is 4.56. The van der Waals surface area contributed by atoms with Crippen LogP contribution in [0.2, 0.25) is 0 Å². The zero-order valence-corrected chi connectivity index (χ0v) is 13.6. The van der Waals surface area contributed by atoms with Gasteiger partial charge in [0.2, 0.25) is 0 Å². The van der Waals surface area contributed by atoms with Gasteiger partial charge in [0.05, 0.1) is 24.7 Å². The van der Waals surface area contributed by atoms with Crippen LogP contribution in [0.5, 0.6) is 0 Å². The molecule has 2 N–H and O–H groups in total. The van der Waals surface area contributed by atoms with Gasteiger partial charge in [-0.15, -0.1) is 0 Å². The monoisotopic (exact) mass is 312 g/mol. The predicted octanol–water partition coefficient (Wildman–Crippen LogP) is 1.97. The molecule has 6 heteroatoms. The van der Waals surface area contributed by atoms with Gasteiger partial charge in [-0.25, -0.2) is 4.79 Å². The van der Waals surface area contributed by atoms with Gasteiger partial charge >= 0.3 is 12.0 Å². The summed E-state index contributed by atoms with van der Waals surface area (Å²) in [6.45, 7) is 5.02. The summed E-state index contributed by atoms with van der Waals surface area (Å²) in [5.41, 5.74) is 0. The third kappa shape index (κ3) is 4.87. The summed E-state index contributed by atoms with van der Waals surface area (Å²) in [7, 11) is 0. The van der Waals surface area contributed by atoms with Crippen LogP contribution in [0.1, 0.15) is 52.4 Å². The van der Waals surface area contributed by atoms with E-state index in [9.17, 15) is 9.59 Å². The Morgan fingerprint density at radius 2 is 1.95 bits per heavy atom. The molecule has 6 nitrogen and oxygen atoms in total. The minimum atomic E-state index is -0.136. The number of urea groups is 1. The molecule has 1 aliphatic heterocycles. The molecule has 2 aliphatic rings. The molecule has 0 aromatic carbocycles. The Morgan fingerprint density at radius 1 is 1.23 bits per heavy atom. The quantitative estimate of drug-likeness (QED) is 0.761. The summed E-state index contributed by atoms with van der Waals surface area (Å²) < 4.78 is 10.6. The Morgan fingerprint density at radius 3 is 2.55 bits per heavy atom. The molecule has 22 heavy (non-hydrogen) atoms. The largest absolute Gasteiger partial charge is 0.466 e. The van der Waals surface area contributed by atoms with Crippen LogP contribution in [-0.2, 0) is 14.3 Å². The van der Waals surface area contributed by atoms with E-state index in [0.29, 0.717) is 6.61 Å². The van der Waals surface area contributed by atoms with Crippen molar-refractivity contribution >= 4 is 12.0 Å². The lowest BCUT2D eigenvalue weighted by molar-refractivity contribution is -0.149. The number of carbonyl (C=O) groups is 2. The van der Waals surface area contributed by atoms with E-state index in [4.69, 9.17) is 9.47 Å².